The zero-order valence-electron chi connectivity index (χ0n) is 10.00. The van der Waals surface area contributed by atoms with Gasteiger partial charge < -0.3 is 4.74 Å². The number of carbonyl (C=O) groups excluding carboxylic acids is 1. The van der Waals surface area contributed by atoms with Crippen LogP contribution in [-0.4, -0.2) is 22.4 Å². The van der Waals surface area contributed by atoms with Crippen LogP contribution >= 0.6 is 0 Å². The number of esters is 1. The molecule has 0 aliphatic carbocycles. The molecule has 0 N–H and O–H groups in total. The Bertz CT molecular complexity index is 361. The minimum atomic E-state index is -0.358. The monoisotopic (exact) mass is 210 g/mol. The highest BCUT2D eigenvalue weighted by Gasteiger charge is 2.22. The molecule has 1 rings (SSSR count). The Hall–Kier alpha value is -1.32. The fourth-order valence-corrected chi connectivity index (χ4v) is 1.47. The smallest absolute Gasteiger partial charge is 0.358 e. The van der Waals surface area contributed by atoms with Gasteiger partial charge in [-0.2, -0.15) is 5.10 Å². The van der Waals surface area contributed by atoms with Gasteiger partial charge in [-0.15, -0.1) is 0 Å². The Morgan fingerprint density at radius 2 is 2.13 bits per heavy atom. The van der Waals surface area contributed by atoms with Crippen molar-refractivity contribution in [1.82, 2.24) is 9.78 Å². The molecule has 0 fully saturated rings. The molecule has 0 radical (unpaired) electrons. The lowest BCUT2D eigenvalue weighted by Gasteiger charge is -2.17. The van der Waals surface area contributed by atoms with Crippen molar-refractivity contribution in [2.45, 2.75) is 33.1 Å². The van der Waals surface area contributed by atoms with Crippen LogP contribution < -0.4 is 0 Å². The molecule has 0 aliphatic rings. The first-order valence-electron chi connectivity index (χ1n) is 5.08. The number of hydrogen-bond acceptors (Lipinski definition) is 3. The van der Waals surface area contributed by atoms with Gasteiger partial charge in [0.25, 0.3) is 0 Å². The van der Waals surface area contributed by atoms with Gasteiger partial charge >= 0.3 is 5.97 Å². The van der Waals surface area contributed by atoms with Gasteiger partial charge in [0.2, 0.25) is 0 Å². The van der Waals surface area contributed by atoms with Gasteiger partial charge in [-0.25, -0.2) is 4.79 Å². The molecule has 1 heterocycles. The zero-order chi connectivity index (χ0) is 11.6. The molecule has 4 heteroatoms. The number of nitrogens with zero attached hydrogens (tertiary/aromatic N) is 2. The summed E-state index contributed by atoms with van der Waals surface area (Å²) in [6, 6.07) is 1.79. The SMILES string of the molecule is CCOC(=O)c1cc(C(C)(C)C)n(C)n1. The van der Waals surface area contributed by atoms with Crippen molar-refractivity contribution < 1.29 is 9.53 Å². The molecule has 4 nitrogen and oxygen atoms in total. The van der Waals surface area contributed by atoms with E-state index in [1.807, 2.05) is 7.05 Å². The fraction of sp³-hybridized carbons (Fsp3) is 0.636. The molecule has 0 saturated carbocycles. The Kier molecular flexibility index (Phi) is 3.17. The third kappa shape index (κ3) is 2.58. The summed E-state index contributed by atoms with van der Waals surface area (Å²) in [5, 5.41) is 4.14. The molecule has 0 atom stereocenters. The van der Waals surface area contributed by atoms with E-state index in [0.717, 1.165) is 5.69 Å². The summed E-state index contributed by atoms with van der Waals surface area (Å²) in [7, 11) is 1.84. The van der Waals surface area contributed by atoms with E-state index in [0.29, 0.717) is 12.3 Å². The second-order valence-corrected chi connectivity index (χ2v) is 4.51. The van der Waals surface area contributed by atoms with E-state index in [1.165, 1.54) is 0 Å². The summed E-state index contributed by atoms with van der Waals surface area (Å²) < 4.78 is 6.62. The highest BCUT2D eigenvalue weighted by molar-refractivity contribution is 5.87. The lowest BCUT2D eigenvalue weighted by molar-refractivity contribution is 0.0518. The third-order valence-electron chi connectivity index (χ3n) is 2.13. The van der Waals surface area contributed by atoms with Gasteiger partial charge in [0.1, 0.15) is 0 Å². The lowest BCUT2D eigenvalue weighted by Crippen LogP contribution is -2.16. The van der Waals surface area contributed by atoms with Crippen LogP contribution in [0, 0.1) is 0 Å². The van der Waals surface area contributed by atoms with Crippen LogP contribution in [0.2, 0.25) is 0 Å². The van der Waals surface area contributed by atoms with Gasteiger partial charge in [-0.05, 0) is 13.0 Å². The largest absolute Gasteiger partial charge is 0.461 e. The van der Waals surface area contributed by atoms with E-state index in [2.05, 4.69) is 25.9 Å². The molecule has 0 aromatic carbocycles. The molecule has 1 aromatic heterocycles. The Morgan fingerprint density at radius 3 is 2.53 bits per heavy atom. The zero-order valence-corrected chi connectivity index (χ0v) is 10.00. The van der Waals surface area contributed by atoms with Crippen LogP contribution in [0.1, 0.15) is 43.9 Å². The Morgan fingerprint density at radius 1 is 1.53 bits per heavy atom. The van der Waals surface area contributed by atoms with Gasteiger partial charge in [-0.1, -0.05) is 20.8 Å². The first-order chi connectivity index (χ1) is 6.86. The number of carbonyl (C=O) groups is 1. The maximum Gasteiger partial charge on any atom is 0.358 e. The molecule has 0 bridgehead atoms. The molecule has 15 heavy (non-hydrogen) atoms. The first-order valence-corrected chi connectivity index (χ1v) is 5.08. The van der Waals surface area contributed by atoms with Crippen molar-refractivity contribution in [3.05, 3.63) is 17.5 Å². The topological polar surface area (TPSA) is 44.1 Å². The van der Waals surface area contributed by atoms with E-state index < -0.39 is 0 Å². The number of hydrogen-bond donors (Lipinski definition) is 0. The third-order valence-corrected chi connectivity index (χ3v) is 2.13. The maximum atomic E-state index is 11.4. The van der Waals surface area contributed by atoms with Crippen molar-refractivity contribution in [2.24, 2.45) is 7.05 Å². The van der Waals surface area contributed by atoms with Gasteiger partial charge in [0.15, 0.2) is 5.69 Å². The van der Waals surface area contributed by atoms with Crippen molar-refractivity contribution >= 4 is 5.97 Å². The van der Waals surface area contributed by atoms with Crippen LogP contribution in [-0.2, 0) is 17.2 Å². The molecule has 0 spiro atoms. The van der Waals surface area contributed by atoms with E-state index in [9.17, 15) is 4.79 Å². The van der Waals surface area contributed by atoms with Crippen LogP contribution in [0.25, 0.3) is 0 Å². The number of rotatable bonds is 2. The van der Waals surface area contributed by atoms with Crippen molar-refractivity contribution in [3.8, 4) is 0 Å². The van der Waals surface area contributed by atoms with Crippen LogP contribution in [0.3, 0.4) is 0 Å². The van der Waals surface area contributed by atoms with Crippen LogP contribution in [0.5, 0.6) is 0 Å². The van der Waals surface area contributed by atoms with Gasteiger partial charge in [0, 0.05) is 18.2 Å². The molecule has 0 saturated heterocycles. The first kappa shape index (κ1) is 11.8. The lowest BCUT2D eigenvalue weighted by atomic mass is 9.92. The predicted octanol–water partition coefficient (Wildman–Crippen LogP) is 1.89. The molecular weight excluding hydrogens is 192 g/mol. The predicted molar refractivity (Wildman–Crippen MR) is 57.9 cm³/mol. The second kappa shape index (κ2) is 4.04. The highest BCUT2D eigenvalue weighted by Crippen LogP contribution is 2.22. The van der Waals surface area contributed by atoms with Gasteiger partial charge in [0.05, 0.1) is 6.61 Å². The Labute approximate surface area is 90.2 Å². The molecular formula is C11H18N2O2. The number of aromatic nitrogens is 2. The molecule has 0 aliphatic heterocycles. The normalized spacial score (nSPS) is 11.5. The van der Waals surface area contributed by atoms with Crippen LogP contribution in [0.4, 0.5) is 0 Å². The van der Waals surface area contributed by atoms with E-state index in [4.69, 9.17) is 4.74 Å². The quantitative estimate of drug-likeness (QED) is 0.700. The number of aryl methyl sites for hydroxylation is 1. The van der Waals surface area contributed by atoms with Gasteiger partial charge in [-0.3, -0.25) is 4.68 Å². The van der Waals surface area contributed by atoms with E-state index >= 15 is 0 Å². The minimum Gasteiger partial charge on any atom is -0.461 e. The summed E-state index contributed by atoms with van der Waals surface area (Å²) in [6.45, 7) is 8.41. The van der Waals surface area contributed by atoms with E-state index in [-0.39, 0.29) is 11.4 Å². The molecule has 1 aromatic rings. The van der Waals surface area contributed by atoms with Crippen molar-refractivity contribution in [2.75, 3.05) is 6.61 Å². The highest BCUT2D eigenvalue weighted by atomic mass is 16.5. The Balaban J connectivity index is 3.01. The summed E-state index contributed by atoms with van der Waals surface area (Å²) in [6.07, 6.45) is 0. The summed E-state index contributed by atoms with van der Waals surface area (Å²) in [4.78, 5) is 11.4. The summed E-state index contributed by atoms with van der Waals surface area (Å²) in [5.41, 5.74) is 1.38. The standard InChI is InChI=1S/C11H18N2O2/c1-6-15-10(14)8-7-9(11(2,3)4)13(5)12-8/h7H,6H2,1-5H3. The summed E-state index contributed by atoms with van der Waals surface area (Å²) in [5.74, 6) is -0.358. The average Bonchev–Trinajstić information content (AvgIpc) is 2.47. The molecule has 0 unspecified atom stereocenters. The fourth-order valence-electron chi connectivity index (χ4n) is 1.47. The number of ether oxygens (including phenoxy) is 1. The van der Waals surface area contributed by atoms with Crippen molar-refractivity contribution in [1.29, 1.82) is 0 Å². The maximum absolute atomic E-state index is 11.4. The van der Waals surface area contributed by atoms with Crippen LogP contribution in [0.15, 0.2) is 6.07 Å². The van der Waals surface area contributed by atoms with Crippen molar-refractivity contribution in [3.63, 3.8) is 0 Å². The second-order valence-electron chi connectivity index (χ2n) is 4.51. The summed E-state index contributed by atoms with van der Waals surface area (Å²) >= 11 is 0. The average molecular weight is 210 g/mol. The molecule has 84 valence electrons. The van der Waals surface area contributed by atoms with E-state index in [1.54, 1.807) is 17.7 Å². The minimum absolute atomic E-state index is 0.0213. The molecule has 0 amide bonds.